The van der Waals surface area contributed by atoms with Gasteiger partial charge in [-0.15, -0.1) is 0 Å². The first kappa shape index (κ1) is 27.1. The molecule has 2 aliphatic rings. The zero-order chi connectivity index (χ0) is 27.6. The van der Waals surface area contributed by atoms with Gasteiger partial charge in [-0.3, -0.25) is 23.7 Å². The molecule has 11 nitrogen and oxygen atoms in total. The smallest absolute Gasteiger partial charge is 0.303 e. The molecular formula is C26H27N3O8S. The molecule has 2 atom stereocenters. The molecule has 0 fully saturated rings. The number of ketones is 1. The van der Waals surface area contributed by atoms with E-state index in [1.54, 1.807) is 36.4 Å². The summed E-state index contributed by atoms with van der Waals surface area (Å²) < 4.78 is 36.4. The predicted molar refractivity (Wildman–Crippen MR) is 137 cm³/mol. The van der Waals surface area contributed by atoms with Crippen LogP contribution < -0.4 is 21.2 Å². The SMILES string of the molecule is CC(=O)NC(CCCS(=O)(=O)O)CCNc1ccc2c3c1C(=O)c1ccccc1C=3C(OC(C)=O)C(=O)N=2. The van der Waals surface area contributed by atoms with Crippen LogP contribution in [0, 0.1) is 0 Å². The van der Waals surface area contributed by atoms with Crippen molar-refractivity contribution in [1.29, 1.82) is 0 Å². The van der Waals surface area contributed by atoms with Gasteiger partial charge >= 0.3 is 5.97 Å². The Kier molecular flexibility index (Phi) is 7.74. The largest absolute Gasteiger partial charge is 0.447 e. The van der Waals surface area contributed by atoms with Crippen molar-refractivity contribution in [3.05, 3.63) is 63.7 Å². The van der Waals surface area contributed by atoms with Crippen molar-refractivity contribution < 1.29 is 36.9 Å². The number of hydrogen-bond acceptors (Lipinski definition) is 8. The first-order valence-electron chi connectivity index (χ1n) is 12.0. The van der Waals surface area contributed by atoms with Gasteiger partial charge in [0.25, 0.3) is 16.0 Å². The standard InChI is InChI=1S/C26H27N3O8S/c1-14(30)28-16(6-5-13-38(34,35)36)11-12-27-19-9-10-20-22-21(25(26(33)29-20)37-15(2)31)17-7-3-4-8-18(17)24(32)23(19)22/h3-4,7-10,16,25,27H,5-6,11-13H2,1-2H3,(H,28,30)(H,34,35,36). The van der Waals surface area contributed by atoms with Gasteiger partial charge in [-0.2, -0.15) is 8.42 Å². The molecule has 0 saturated carbocycles. The van der Waals surface area contributed by atoms with E-state index in [9.17, 15) is 27.6 Å². The molecule has 3 N–H and O–H groups in total. The quantitative estimate of drug-likeness (QED) is 0.286. The zero-order valence-electron chi connectivity index (χ0n) is 20.8. The van der Waals surface area contributed by atoms with Crippen LogP contribution in [-0.4, -0.2) is 61.0 Å². The topological polar surface area (TPSA) is 168 Å². The molecule has 200 valence electrons. The lowest BCUT2D eigenvalue weighted by atomic mass is 9.81. The summed E-state index contributed by atoms with van der Waals surface area (Å²) in [6.45, 7) is 2.87. The van der Waals surface area contributed by atoms with E-state index in [4.69, 9.17) is 9.29 Å². The summed E-state index contributed by atoms with van der Waals surface area (Å²) in [4.78, 5) is 53.9. The Hall–Kier alpha value is -3.90. The van der Waals surface area contributed by atoms with Crippen molar-refractivity contribution >= 4 is 44.9 Å². The van der Waals surface area contributed by atoms with Crippen LogP contribution in [0.5, 0.6) is 0 Å². The van der Waals surface area contributed by atoms with E-state index in [0.29, 0.717) is 57.9 Å². The second-order valence-electron chi connectivity index (χ2n) is 9.15. The maximum absolute atomic E-state index is 13.6. The third-order valence-electron chi connectivity index (χ3n) is 6.31. The fourth-order valence-corrected chi connectivity index (χ4v) is 5.38. The average Bonchev–Trinajstić information content (AvgIpc) is 2.82. The Morgan fingerprint density at radius 1 is 1.08 bits per heavy atom. The van der Waals surface area contributed by atoms with Gasteiger partial charge < -0.3 is 15.4 Å². The molecule has 0 aromatic heterocycles. The van der Waals surface area contributed by atoms with Crippen LogP contribution in [0.3, 0.4) is 0 Å². The second kappa shape index (κ2) is 10.8. The number of nitrogens with zero attached hydrogens (tertiary/aromatic N) is 1. The van der Waals surface area contributed by atoms with E-state index in [0.717, 1.165) is 0 Å². The number of benzene rings is 2. The van der Waals surface area contributed by atoms with Crippen LogP contribution in [0.4, 0.5) is 5.69 Å². The van der Waals surface area contributed by atoms with Crippen LogP contribution >= 0.6 is 0 Å². The van der Waals surface area contributed by atoms with Gasteiger partial charge in [0.05, 0.1) is 16.7 Å². The third-order valence-corrected chi connectivity index (χ3v) is 7.12. The van der Waals surface area contributed by atoms with Gasteiger partial charge in [0.1, 0.15) is 0 Å². The molecule has 2 aromatic carbocycles. The molecule has 1 heterocycles. The number of carbonyl (C=O) groups excluding carboxylic acids is 4. The molecule has 1 aliphatic carbocycles. The lowest BCUT2D eigenvalue weighted by Gasteiger charge is -2.27. The number of ether oxygens (including phenoxy) is 1. The van der Waals surface area contributed by atoms with E-state index in [2.05, 4.69) is 15.6 Å². The first-order valence-corrected chi connectivity index (χ1v) is 13.6. The highest BCUT2D eigenvalue weighted by Crippen LogP contribution is 2.31. The zero-order valence-corrected chi connectivity index (χ0v) is 21.6. The van der Waals surface area contributed by atoms with E-state index < -0.39 is 33.9 Å². The van der Waals surface area contributed by atoms with Crippen LogP contribution in [0.2, 0.25) is 0 Å². The highest BCUT2D eigenvalue weighted by Gasteiger charge is 2.37. The number of esters is 1. The Morgan fingerprint density at radius 3 is 2.45 bits per heavy atom. The first-order chi connectivity index (χ1) is 18.0. The second-order valence-corrected chi connectivity index (χ2v) is 10.7. The summed E-state index contributed by atoms with van der Waals surface area (Å²) in [5, 5.41) is 6.72. The summed E-state index contributed by atoms with van der Waals surface area (Å²) in [5.41, 5.74) is 2.05. The number of amides is 2. The summed E-state index contributed by atoms with van der Waals surface area (Å²) >= 11 is 0. The highest BCUT2D eigenvalue weighted by molar-refractivity contribution is 7.85. The van der Waals surface area contributed by atoms with Crippen molar-refractivity contribution in [1.82, 2.24) is 5.32 Å². The van der Waals surface area contributed by atoms with E-state index in [1.807, 2.05) is 0 Å². The maximum Gasteiger partial charge on any atom is 0.303 e. The minimum Gasteiger partial charge on any atom is -0.447 e. The minimum absolute atomic E-state index is 0.161. The Morgan fingerprint density at radius 2 is 1.79 bits per heavy atom. The van der Waals surface area contributed by atoms with Gasteiger partial charge in [0.15, 0.2) is 5.78 Å². The molecule has 0 saturated heterocycles. The molecule has 1 aliphatic heterocycles. The summed E-state index contributed by atoms with van der Waals surface area (Å²) in [6, 6.07) is 9.68. The van der Waals surface area contributed by atoms with E-state index >= 15 is 0 Å². The minimum atomic E-state index is -4.11. The van der Waals surface area contributed by atoms with Gasteiger partial charge in [-0.05, 0) is 37.0 Å². The predicted octanol–water partition coefficient (Wildman–Crippen LogP) is 0.496. The van der Waals surface area contributed by atoms with Crippen molar-refractivity contribution in [3.8, 4) is 0 Å². The molecule has 2 unspecified atom stereocenters. The maximum atomic E-state index is 13.6. The van der Waals surface area contributed by atoms with Gasteiger partial charge in [-0.25, -0.2) is 4.99 Å². The Bertz CT molecular complexity index is 1570. The summed E-state index contributed by atoms with van der Waals surface area (Å²) in [7, 11) is -4.11. The lowest BCUT2D eigenvalue weighted by Crippen LogP contribution is -2.47. The Labute approximate surface area is 218 Å². The Balaban J connectivity index is 1.69. The number of fused-ring (bicyclic) bond motifs is 2. The molecule has 4 rings (SSSR count). The van der Waals surface area contributed by atoms with Crippen LogP contribution in [0.15, 0.2) is 41.4 Å². The number of carbonyl (C=O) groups is 4. The third kappa shape index (κ3) is 5.81. The van der Waals surface area contributed by atoms with Gasteiger partial charge in [0.2, 0.25) is 12.0 Å². The van der Waals surface area contributed by atoms with E-state index in [-0.39, 0.29) is 24.2 Å². The molecule has 2 aromatic rings. The van der Waals surface area contributed by atoms with Crippen molar-refractivity contribution in [2.45, 2.75) is 45.3 Å². The number of anilines is 1. The van der Waals surface area contributed by atoms with Crippen molar-refractivity contribution in [2.75, 3.05) is 17.6 Å². The molecule has 2 amide bonds. The van der Waals surface area contributed by atoms with Crippen LogP contribution in [0.25, 0.3) is 5.57 Å². The van der Waals surface area contributed by atoms with Gasteiger partial charge in [-0.1, -0.05) is 24.3 Å². The lowest BCUT2D eigenvalue weighted by molar-refractivity contribution is -0.149. The number of nitrogens with one attached hydrogen (secondary N) is 2. The van der Waals surface area contributed by atoms with Gasteiger partial charge in [0, 0.05) is 48.5 Å². The summed E-state index contributed by atoms with van der Waals surface area (Å²) in [5.74, 6) is -2.26. The van der Waals surface area contributed by atoms with Crippen molar-refractivity contribution in [2.24, 2.45) is 4.99 Å². The number of hydrogen-bond donors (Lipinski definition) is 3. The van der Waals surface area contributed by atoms with E-state index in [1.165, 1.54) is 13.8 Å². The summed E-state index contributed by atoms with van der Waals surface area (Å²) in [6.07, 6.45) is -0.390. The molecule has 0 spiro atoms. The highest BCUT2D eigenvalue weighted by atomic mass is 32.2. The molecular weight excluding hydrogens is 514 g/mol. The number of rotatable bonds is 10. The average molecular weight is 542 g/mol. The molecule has 0 radical (unpaired) electrons. The van der Waals surface area contributed by atoms with Crippen LogP contribution in [-0.2, 0) is 29.2 Å². The monoisotopic (exact) mass is 541 g/mol. The molecule has 38 heavy (non-hydrogen) atoms. The fraction of sp³-hybridized carbons (Fsp3) is 0.346. The fourth-order valence-electron chi connectivity index (χ4n) is 4.84. The van der Waals surface area contributed by atoms with Crippen molar-refractivity contribution in [3.63, 3.8) is 0 Å². The van der Waals surface area contributed by atoms with Crippen LogP contribution in [0.1, 0.15) is 54.6 Å². The molecule has 12 heteroatoms. The molecule has 0 bridgehead atoms. The normalized spacial score (nSPS) is 16.6.